The highest BCUT2D eigenvalue weighted by molar-refractivity contribution is 5.96. The second-order valence-corrected chi connectivity index (χ2v) is 5.55. The van der Waals surface area contributed by atoms with Crippen LogP contribution in [0.1, 0.15) is 26.7 Å². The number of carbonyl (C=O) groups excluding carboxylic acids is 2. The molecule has 0 aliphatic carbocycles. The molecule has 0 radical (unpaired) electrons. The van der Waals surface area contributed by atoms with Crippen LogP contribution < -0.4 is 10.2 Å². The summed E-state index contributed by atoms with van der Waals surface area (Å²) in [5, 5.41) is 2.86. The maximum absolute atomic E-state index is 13.2. The number of anilines is 1. The molecule has 1 N–H and O–H groups in total. The molecular weight excluding hydrogens is 259 g/mol. The van der Waals surface area contributed by atoms with Crippen LogP contribution in [0.5, 0.6) is 0 Å². The van der Waals surface area contributed by atoms with Gasteiger partial charge in [-0.05, 0) is 24.1 Å². The molecule has 1 aliphatic heterocycles. The Morgan fingerprint density at radius 2 is 2.25 bits per heavy atom. The highest BCUT2D eigenvalue weighted by atomic mass is 19.1. The van der Waals surface area contributed by atoms with E-state index in [1.54, 1.807) is 12.1 Å². The van der Waals surface area contributed by atoms with Gasteiger partial charge >= 0.3 is 0 Å². The Morgan fingerprint density at radius 3 is 2.90 bits per heavy atom. The van der Waals surface area contributed by atoms with E-state index in [-0.39, 0.29) is 36.0 Å². The van der Waals surface area contributed by atoms with E-state index in [0.717, 1.165) is 0 Å². The number of carbonyl (C=O) groups is 2. The lowest BCUT2D eigenvalue weighted by molar-refractivity contribution is -0.122. The van der Waals surface area contributed by atoms with Crippen molar-refractivity contribution >= 4 is 17.5 Å². The summed E-state index contributed by atoms with van der Waals surface area (Å²) in [6.45, 7) is 4.34. The molecule has 2 rings (SSSR count). The van der Waals surface area contributed by atoms with Crippen molar-refractivity contribution in [2.24, 2.45) is 5.92 Å². The SMILES string of the molecule is CC(C)CC(=O)NC1CC(=O)N(c2cccc(F)c2)C1. The van der Waals surface area contributed by atoms with E-state index in [9.17, 15) is 14.0 Å². The van der Waals surface area contributed by atoms with Crippen molar-refractivity contribution in [3.8, 4) is 0 Å². The lowest BCUT2D eigenvalue weighted by Gasteiger charge is -2.17. The maximum atomic E-state index is 13.2. The smallest absolute Gasteiger partial charge is 0.229 e. The van der Waals surface area contributed by atoms with Gasteiger partial charge in [0.2, 0.25) is 11.8 Å². The van der Waals surface area contributed by atoms with Crippen LogP contribution >= 0.6 is 0 Å². The van der Waals surface area contributed by atoms with Gasteiger partial charge in [0.1, 0.15) is 5.82 Å². The monoisotopic (exact) mass is 278 g/mol. The summed E-state index contributed by atoms with van der Waals surface area (Å²) < 4.78 is 13.2. The minimum Gasteiger partial charge on any atom is -0.351 e. The highest BCUT2D eigenvalue weighted by Gasteiger charge is 2.31. The molecule has 5 heteroatoms. The summed E-state index contributed by atoms with van der Waals surface area (Å²) in [7, 11) is 0. The second-order valence-electron chi connectivity index (χ2n) is 5.55. The first-order valence-corrected chi connectivity index (χ1v) is 6.81. The zero-order valence-electron chi connectivity index (χ0n) is 11.7. The second kappa shape index (κ2) is 6.03. The fourth-order valence-corrected chi connectivity index (χ4v) is 2.36. The van der Waals surface area contributed by atoms with Crippen molar-refractivity contribution in [1.82, 2.24) is 5.32 Å². The number of hydrogen-bond acceptors (Lipinski definition) is 2. The molecule has 0 aromatic heterocycles. The summed E-state index contributed by atoms with van der Waals surface area (Å²) in [6.07, 6.45) is 0.713. The van der Waals surface area contributed by atoms with E-state index in [2.05, 4.69) is 5.32 Å². The Morgan fingerprint density at radius 1 is 1.50 bits per heavy atom. The van der Waals surface area contributed by atoms with E-state index in [4.69, 9.17) is 0 Å². The lowest BCUT2D eigenvalue weighted by Crippen LogP contribution is -2.37. The Hall–Kier alpha value is -1.91. The molecule has 108 valence electrons. The minimum atomic E-state index is -0.373. The zero-order chi connectivity index (χ0) is 14.7. The van der Waals surface area contributed by atoms with Gasteiger partial charge in [-0.2, -0.15) is 0 Å². The fraction of sp³-hybridized carbons (Fsp3) is 0.467. The summed E-state index contributed by atoms with van der Waals surface area (Å²) in [6, 6.07) is 5.74. The van der Waals surface area contributed by atoms with E-state index in [0.29, 0.717) is 18.7 Å². The number of rotatable bonds is 4. The predicted octanol–water partition coefficient (Wildman–Crippen LogP) is 2.09. The molecular formula is C15H19FN2O2. The number of hydrogen-bond donors (Lipinski definition) is 1. The molecule has 1 aromatic carbocycles. The number of halogens is 1. The molecule has 0 saturated carbocycles. The average molecular weight is 278 g/mol. The number of benzene rings is 1. The first-order chi connectivity index (χ1) is 9.45. The Labute approximate surface area is 118 Å². The van der Waals surface area contributed by atoms with Gasteiger partial charge in [0.15, 0.2) is 0 Å². The van der Waals surface area contributed by atoms with Crippen LogP contribution in [0.2, 0.25) is 0 Å². The molecule has 1 saturated heterocycles. The van der Waals surface area contributed by atoms with Crippen molar-refractivity contribution in [2.75, 3.05) is 11.4 Å². The fourth-order valence-electron chi connectivity index (χ4n) is 2.36. The first kappa shape index (κ1) is 14.5. The Bertz CT molecular complexity index is 516. The molecule has 1 heterocycles. The standard InChI is InChI=1S/C15H19FN2O2/c1-10(2)6-14(19)17-12-8-15(20)18(9-12)13-5-3-4-11(16)7-13/h3-5,7,10,12H,6,8-9H2,1-2H3,(H,17,19). The topological polar surface area (TPSA) is 49.4 Å². The van der Waals surface area contributed by atoms with Crippen LogP contribution in [0.4, 0.5) is 10.1 Å². The Balaban J connectivity index is 1.99. The van der Waals surface area contributed by atoms with Crippen LogP contribution in [0, 0.1) is 11.7 Å². The third-order valence-corrected chi connectivity index (χ3v) is 3.20. The molecule has 2 amide bonds. The van der Waals surface area contributed by atoms with Gasteiger partial charge in [0, 0.05) is 25.1 Å². The lowest BCUT2D eigenvalue weighted by atomic mass is 10.1. The van der Waals surface area contributed by atoms with E-state index < -0.39 is 0 Å². The van der Waals surface area contributed by atoms with Gasteiger partial charge in [-0.3, -0.25) is 9.59 Å². The minimum absolute atomic E-state index is 0.0427. The van der Waals surface area contributed by atoms with Gasteiger partial charge in [0.05, 0.1) is 6.04 Å². The van der Waals surface area contributed by atoms with Crippen LogP contribution in [-0.4, -0.2) is 24.4 Å². The van der Waals surface area contributed by atoms with Crippen LogP contribution in [0.3, 0.4) is 0 Å². The van der Waals surface area contributed by atoms with Gasteiger partial charge in [0.25, 0.3) is 0 Å². The summed E-state index contributed by atoms with van der Waals surface area (Å²) >= 11 is 0. The Kier molecular flexibility index (Phi) is 4.37. The molecule has 20 heavy (non-hydrogen) atoms. The number of amides is 2. The first-order valence-electron chi connectivity index (χ1n) is 6.81. The van der Waals surface area contributed by atoms with Crippen molar-refractivity contribution in [1.29, 1.82) is 0 Å². The maximum Gasteiger partial charge on any atom is 0.229 e. The third kappa shape index (κ3) is 3.56. The van der Waals surface area contributed by atoms with E-state index >= 15 is 0 Å². The average Bonchev–Trinajstić information content (AvgIpc) is 2.68. The van der Waals surface area contributed by atoms with Gasteiger partial charge in [-0.1, -0.05) is 19.9 Å². The highest BCUT2D eigenvalue weighted by Crippen LogP contribution is 2.22. The molecule has 1 unspecified atom stereocenters. The summed E-state index contributed by atoms with van der Waals surface area (Å²) in [5.41, 5.74) is 0.538. The normalized spacial score (nSPS) is 18.7. The van der Waals surface area contributed by atoms with Gasteiger partial charge in [-0.15, -0.1) is 0 Å². The van der Waals surface area contributed by atoms with Crippen LogP contribution in [0.15, 0.2) is 24.3 Å². The molecule has 4 nitrogen and oxygen atoms in total. The van der Waals surface area contributed by atoms with Crippen molar-refractivity contribution in [3.63, 3.8) is 0 Å². The molecule has 0 bridgehead atoms. The largest absolute Gasteiger partial charge is 0.351 e. The van der Waals surface area contributed by atoms with Crippen molar-refractivity contribution < 1.29 is 14.0 Å². The molecule has 1 atom stereocenters. The number of nitrogens with zero attached hydrogens (tertiary/aromatic N) is 1. The van der Waals surface area contributed by atoms with E-state index in [1.807, 2.05) is 13.8 Å². The molecule has 1 aromatic rings. The van der Waals surface area contributed by atoms with Gasteiger partial charge < -0.3 is 10.2 Å². The van der Waals surface area contributed by atoms with Crippen LogP contribution in [0.25, 0.3) is 0 Å². The van der Waals surface area contributed by atoms with E-state index in [1.165, 1.54) is 17.0 Å². The van der Waals surface area contributed by atoms with Crippen LogP contribution in [-0.2, 0) is 9.59 Å². The number of nitrogens with one attached hydrogen (secondary N) is 1. The van der Waals surface area contributed by atoms with Gasteiger partial charge in [-0.25, -0.2) is 4.39 Å². The summed E-state index contributed by atoms with van der Waals surface area (Å²) in [4.78, 5) is 25.2. The molecule has 1 aliphatic rings. The summed E-state index contributed by atoms with van der Waals surface area (Å²) in [5.74, 6) is -0.224. The predicted molar refractivity (Wildman–Crippen MR) is 74.8 cm³/mol. The third-order valence-electron chi connectivity index (χ3n) is 3.20. The molecule has 1 fully saturated rings. The zero-order valence-corrected chi connectivity index (χ0v) is 11.7. The van der Waals surface area contributed by atoms with Crippen molar-refractivity contribution in [2.45, 2.75) is 32.7 Å². The quantitative estimate of drug-likeness (QED) is 0.917. The van der Waals surface area contributed by atoms with Crippen molar-refractivity contribution in [3.05, 3.63) is 30.1 Å². The molecule has 0 spiro atoms.